The Morgan fingerprint density at radius 1 is 1.21 bits per heavy atom. The van der Waals surface area contributed by atoms with Crippen LogP contribution in [0.15, 0.2) is 17.4 Å². The monoisotopic (exact) mass is 406 g/mol. The average Bonchev–Trinajstić information content (AvgIpc) is 2.84. The molecule has 0 aromatic heterocycles. The summed E-state index contributed by atoms with van der Waals surface area (Å²) in [7, 11) is 2.43. The van der Waals surface area contributed by atoms with Crippen molar-refractivity contribution in [1.29, 1.82) is 0 Å². The number of phenols is 1. The molecule has 0 saturated carbocycles. The van der Waals surface area contributed by atoms with Gasteiger partial charge < -0.3 is 28.8 Å². The van der Waals surface area contributed by atoms with E-state index in [1.807, 2.05) is 0 Å². The van der Waals surface area contributed by atoms with Crippen molar-refractivity contribution in [2.45, 2.75) is 45.5 Å². The van der Waals surface area contributed by atoms with Crippen molar-refractivity contribution in [3.63, 3.8) is 0 Å². The number of methoxy groups -OCH3 is 2. The number of phenolic OH excluding ortho intramolecular Hbond substituents is 1. The van der Waals surface area contributed by atoms with Crippen LogP contribution in [0, 0.1) is 13.8 Å². The maximum absolute atomic E-state index is 12.9. The van der Waals surface area contributed by atoms with Crippen molar-refractivity contribution in [3.8, 4) is 11.5 Å². The third-order valence-electron chi connectivity index (χ3n) is 5.42. The minimum Gasteiger partial charge on any atom is -0.508 e. The van der Waals surface area contributed by atoms with E-state index in [0.717, 1.165) is 7.11 Å². The Morgan fingerprint density at radius 3 is 2.45 bits per heavy atom. The van der Waals surface area contributed by atoms with Crippen LogP contribution in [0.3, 0.4) is 0 Å². The minimum absolute atomic E-state index is 0.0384. The molecule has 1 heterocycles. The molecule has 2 aliphatic rings. The molecule has 3 atom stereocenters. The highest BCUT2D eigenvalue weighted by Gasteiger charge is 2.58. The number of benzene rings is 1. The maximum Gasteiger partial charge on any atom is 0.508 e. The van der Waals surface area contributed by atoms with Gasteiger partial charge in [-0.05, 0) is 39.3 Å². The Bertz CT molecular complexity index is 946. The lowest BCUT2D eigenvalue weighted by atomic mass is 9.79. The lowest BCUT2D eigenvalue weighted by molar-refractivity contribution is -0.170. The fourth-order valence-electron chi connectivity index (χ4n) is 3.54. The van der Waals surface area contributed by atoms with Gasteiger partial charge in [-0.25, -0.2) is 9.59 Å². The van der Waals surface area contributed by atoms with Crippen LogP contribution in [-0.4, -0.2) is 55.0 Å². The van der Waals surface area contributed by atoms with Crippen molar-refractivity contribution < 1.29 is 43.2 Å². The van der Waals surface area contributed by atoms with Gasteiger partial charge in [0.1, 0.15) is 17.1 Å². The Morgan fingerprint density at radius 2 is 1.86 bits per heavy atom. The molecular formula is C20H22O9. The highest BCUT2D eigenvalue weighted by molar-refractivity contribution is 6.03. The van der Waals surface area contributed by atoms with E-state index >= 15 is 0 Å². The van der Waals surface area contributed by atoms with Crippen LogP contribution in [0.2, 0.25) is 0 Å². The Hall–Kier alpha value is -3.07. The molecule has 29 heavy (non-hydrogen) atoms. The van der Waals surface area contributed by atoms with Crippen molar-refractivity contribution in [2.75, 3.05) is 14.2 Å². The normalized spacial score (nSPS) is 26.0. The summed E-state index contributed by atoms with van der Waals surface area (Å²) >= 11 is 0. The third kappa shape index (κ3) is 3.02. The molecule has 1 N–H and O–H groups in total. The van der Waals surface area contributed by atoms with Gasteiger partial charge in [-0.3, -0.25) is 4.79 Å². The second kappa shape index (κ2) is 7.07. The van der Waals surface area contributed by atoms with E-state index < -0.39 is 35.7 Å². The number of carbonyl (C=O) groups is 3. The summed E-state index contributed by atoms with van der Waals surface area (Å²) in [5.74, 6) is -1.33. The van der Waals surface area contributed by atoms with Crippen molar-refractivity contribution in [2.24, 2.45) is 0 Å². The van der Waals surface area contributed by atoms with E-state index in [9.17, 15) is 19.5 Å². The van der Waals surface area contributed by atoms with Crippen LogP contribution < -0.4 is 4.74 Å². The molecule has 1 aliphatic heterocycles. The zero-order chi connectivity index (χ0) is 21.7. The van der Waals surface area contributed by atoms with Crippen LogP contribution in [0.4, 0.5) is 4.79 Å². The molecule has 0 radical (unpaired) electrons. The number of esters is 1. The van der Waals surface area contributed by atoms with E-state index in [2.05, 4.69) is 4.74 Å². The van der Waals surface area contributed by atoms with Crippen LogP contribution >= 0.6 is 0 Å². The molecular weight excluding hydrogens is 384 g/mol. The number of hydrogen-bond donors (Lipinski definition) is 1. The fourth-order valence-corrected chi connectivity index (χ4v) is 3.54. The standard InChI is InChI=1S/C20H22O9/c1-8-7-11(21)9(2)14-12(8)18(23)28-15-10(3)13(22)16(29-19(24)25-5)20(4,26-6)17(15)27-14/h7,16-17,21H,1-6H3/t16-,17+,20+/m1/s1. The predicted molar refractivity (Wildman–Crippen MR) is 97.8 cm³/mol. The maximum atomic E-state index is 12.9. The lowest BCUT2D eigenvalue weighted by Gasteiger charge is -2.43. The van der Waals surface area contributed by atoms with Gasteiger partial charge in [0.15, 0.2) is 17.5 Å². The van der Waals surface area contributed by atoms with Gasteiger partial charge in [0.25, 0.3) is 0 Å². The molecule has 1 aromatic rings. The van der Waals surface area contributed by atoms with Crippen LogP contribution in [-0.2, 0) is 23.7 Å². The Kier molecular flexibility index (Phi) is 5.04. The second-order valence-electron chi connectivity index (χ2n) is 7.12. The highest BCUT2D eigenvalue weighted by atomic mass is 16.7. The number of hydrogen-bond acceptors (Lipinski definition) is 9. The zero-order valence-electron chi connectivity index (χ0n) is 16.9. The number of aryl methyl sites for hydroxylation is 1. The molecule has 9 heteroatoms. The number of Topliss-reactive ketones (excluding diaryl/α,β-unsaturated/α-hetero) is 1. The van der Waals surface area contributed by atoms with E-state index in [1.54, 1.807) is 13.8 Å². The van der Waals surface area contributed by atoms with E-state index in [1.165, 1.54) is 27.0 Å². The van der Waals surface area contributed by atoms with E-state index in [0.29, 0.717) is 11.1 Å². The quantitative estimate of drug-likeness (QED) is 0.738. The molecule has 0 unspecified atom stereocenters. The average molecular weight is 406 g/mol. The zero-order valence-corrected chi connectivity index (χ0v) is 16.9. The van der Waals surface area contributed by atoms with Gasteiger partial charge in [0.05, 0.1) is 7.11 Å². The number of carbonyl (C=O) groups excluding carboxylic acids is 3. The van der Waals surface area contributed by atoms with Gasteiger partial charge >= 0.3 is 12.1 Å². The number of aromatic hydroxyl groups is 1. The largest absolute Gasteiger partial charge is 0.508 e. The topological polar surface area (TPSA) is 118 Å². The molecule has 0 fully saturated rings. The summed E-state index contributed by atoms with van der Waals surface area (Å²) in [6, 6.07) is 1.43. The van der Waals surface area contributed by atoms with Crippen molar-refractivity contribution in [3.05, 3.63) is 34.1 Å². The molecule has 0 saturated heterocycles. The molecule has 3 rings (SSSR count). The van der Waals surface area contributed by atoms with Crippen LogP contribution in [0.5, 0.6) is 11.5 Å². The molecule has 156 valence electrons. The highest BCUT2D eigenvalue weighted by Crippen LogP contribution is 2.44. The lowest BCUT2D eigenvalue weighted by Crippen LogP contribution is -2.62. The van der Waals surface area contributed by atoms with Crippen LogP contribution in [0.1, 0.15) is 35.3 Å². The smallest absolute Gasteiger partial charge is 0.508 e. The van der Waals surface area contributed by atoms with Crippen LogP contribution in [0.25, 0.3) is 0 Å². The number of ether oxygens (including phenoxy) is 5. The first kappa shape index (κ1) is 20.7. The minimum atomic E-state index is -1.55. The van der Waals surface area contributed by atoms with E-state index in [4.69, 9.17) is 18.9 Å². The van der Waals surface area contributed by atoms with Crippen molar-refractivity contribution in [1.82, 2.24) is 0 Å². The van der Waals surface area contributed by atoms with Gasteiger partial charge in [-0.15, -0.1) is 0 Å². The Balaban J connectivity index is 2.23. The van der Waals surface area contributed by atoms with Crippen molar-refractivity contribution >= 4 is 17.9 Å². The summed E-state index contributed by atoms with van der Waals surface area (Å²) in [4.78, 5) is 37.5. The van der Waals surface area contributed by atoms with Gasteiger partial charge in [0.2, 0.25) is 11.9 Å². The SMILES string of the molecule is COC(=O)O[C@@H]1C(=O)C(C)=C2OC(=O)c3c(C)cc(O)c(C)c3O[C@@H]2[C@@]1(C)OC. The summed E-state index contributed by atoms with van der Waals surface area (Å²) in [6.07, 6.45) is -3.60. The summed E-state index contributed by atoms with van der Waals surface area (Å²) in [5, 5.41) is 10.2. The molecule has 1 aromatic carbocycles. The molecule has 9 nitrogen and oxygen atoms in total. The first-order valence-corrected chi connectivity index (χ1v) is 8.83. The predicted octanol–water partition coefficient (Wildman–Crippen LogP) is 2.34. The molecule has 0 spiro atoms. The first-order chi connectivity index (χ1) is 13.6. The number of ketones is 1. The molecule has 0 amide bonds. The van der Waals surface area contributed by atoms with Gasteiger partial charge in [-0.2, -0.15) is 0 Å². The second-order valence-corrected chi connectivity index (χ2v) is 7.12. The molecule has 0 bridgehead atoms. The van der Waals surface area contributed by atoms with Gasteiger partial charge in [0, 0.05) is 18.2 Å². The fraction of sp³-hybridized carbons (Fsp3) is 0.450. The summed E-state index contributed by atoms with van der Waals surface area (Å²) in [5.41, 5.74) is -0.598. The summed E-state index contributed by atoms with van der Waals surface area (Å²) in [6.45, 7) is 6.16. The van der Waals surface area contributed by atoms with Gasteiger partial charge in [-0.1, -0.05) is 0 Å². The Labute approximate surface area is 167 Å². The number of fused-ring (bicyclic) bond motifs is 2. The van der Waals surface area contributed by atoms with E-state index in [-0.39, 0.29) is 28.4 Å². The third-order valence-corrected chi connectivity index (χ3v) is 5.42. The first-order valence-electron chi connectivity index (χ1n) is 8.83. The summed E-state index contributed by atoms with van der Waals surface area (Å²) < 4.78 is 26.9. The molecule has 1 aliphatic carbocycles. The number of rotatable bonds is 2.